The molecule has 0 unspecified atom stereocenters. The third-order valence-corrected chi connectivity index (χ3v) is 3.67. The maximum absolute atomic E-state index is 8.49. The molecule has 0 atom stereocenters. The molecule has 0 spiro atoms. The average Bonchev–Trinajstić information content (AvgIpc) is 2.63. The Labute approximate surface area is 209 Å². The van der Waals surface area contributed by atoms with Crippen molar-refractivity contribution in [3.05, 3.63) is 4.91 Å². The average molecular weight is 571 g/mol. The summed E-state index contributed by atoms with van der Waals surface area (Å²) in [5.41, 5.74) is 5.75. The maximum atomic E-state index is 8.49. The summed E-state index contributed by atoms with van der Waals surface area (Å²) in [6.07, 6.45) is 1.28. The molecule has 1 aliphatic rings. The van der Waals surface area contributed by atoms with Crippen molar-refractivity contribution >= 4 is 0 Å². The normalized spacial score (nSPS) is 17.5. The van der Waals surface area contributed by atoms with Gasteiger partial charge in [0.2, 0.25) is 0 Å². The second-order valence-corrected chi connectivity index (χ2v) is 8.06. The van der Waals surface area contributed by atoms with E-state index >= 15 is 0 Å². The van der Waals surface area contributed by atoms with E-state index in [1.165, 1.54) is 65.7 Å². The van der Waals surface area contributed by atoms with E-state index in [1.807, 2.05) is 0 Å². The van der Waals surface area contributed by atoms with Crippen molar-refractivity contribution in [2.45, 2.75) is 13.3 Å². The topological polar surface area (TPSA) is 261 Å². The number of rotatable bonds is 0. The van der Waals surface area contributed by atoms with Crippen LogP contribution in [0.4, 0.5) is 0 Å². The van der Waals surface area contributed by atoms with Gasteiger partial charge in [-0.05, 0) is 47.7 Å². The summed E-state index contributed by atoms with van der Waals surface area (Å²) in [6, 6.07) is 1.75. The Bertz CT molecular complexity index is 415. The van der Waals surface area contributed by atoms with E-state index in [0.717, 1.165) is 0 Å². The minimum absolute atomic E-state index is 0. The van der Waals surface area contributed by atoms with Crippen LogP contribution in [-0.2, 0) is 16.8 Å². The maximum Gasteiger partial charge on any atom is 2.00 e. The van der Waals surface area contributed by atoms with E-state index in [-0.39, 0.29) is 16.8 Å². The summed E-state index contributed by atoms with van der Waals surface area (Å²) in [6.45, 7) is 10.9. The van der Waals surface area contributed by atoms with E-state index < -0.39 is 20.5 Å². The Balaban J connectivity index is -0.000000135. The molecule has 1 aliphatic heterocycles. The Morgan fingerprint density at radius 1 is 0.576 bits per heavy atom. The van der Waals surface area contributed by atoms with Crippen molar-refractivity contribution < 1.29 is 74.5 Å². The van der Waals surface area contributed by atoms with Crippen molar-refractivity contribution in [1.82, 2.24) is 25.2 Å². The molecule has 33 heavy (non-hydrogen) atoms. The van der Waals surface area contributed by atoms with Crippen LogP contribution >= 0.6 is 0 Å². The van der Waals surface area contributed by atoms with Crippen molar-refractivity contribution in [2.24, 2.45) is 0 Å². The van der Waals surface area contributed by atoms with Crippen molar-refractivity contribution in [2.75, 3.05) is 80.5 Å². The van der Waals surface area contributed by atoms with Crippen LogP contribution in [0.2, 0.25) is 0 Å². The predicted octanol–water partition coefficient (Wildman–Crippen LogP) is -9.31. The standard InChI is InChI=1S/C13H30N4.C2H3N.2ClHO4.Co.NO/c1-14-6-5-7-15(2)9-11-17(4)13-12-16(3)10-8-14;1-2-3;2*2-1(3,4)5;;1-2/h5-13H2,1-4H3;1H3;2*(H,2,3,4,5);;/q;;;;+2;/p-2. The van der Waals surface area contributed by atoms with Gasteiger partial charge < -0.3 is 19.6 Å². The molecular formula is C15H33Cl2CoN6O9. The molecule has 0 aromatic heterocycles. The Morgan fingerprint density at radius 2 is 0.697 bits per heavy atom. The molecule has 1 saturated heterocycles. The molecular weight excluding hydrogens is 538 g/mol. The molecule has 2 radical (unpaired) electrons. The molecule has 0 aromatic rings. The molecule has 0 N–H and O–H groups in total. The van der Waals surface area contributed by atoms with Crippen LogP contribution in [0.3, 0.4) is 0 Å². The van der Waals surface area contributed by atoms with Gasteiger partial charge in [-0.3, -0.25) is 0 Å². The molecule has 0 amide bonds. The van der Waals surface area contributed by atoms with Crippen molar-refractivity contribution in [3.8, 4) is 6.07 Å². The summed E-state index contributed by atoms with van der Waals surface area (Å²) in [4.78, 5) is 17.0. The predicted molar refractivity (Wildman–Crippen MR) is 91.4 cm³/mol. The van der Waals surface area contributed by atoms with E-state index in [1.54, 1.807) is 6.07 Å². The van der Waals surface area contributed by atoms with Crippen LogP contribution < -0.4 is 42.9 Å². The summed E-state index contributed by atoms with van der Waals surface area (Å²) >= 11 is 0. The number of hydrogen-bond donors (Lipinski definition) is 0. The van der Waals surface area contributed by atoms with E-state index in [0.29, 0.717) is 0 Å². The zero-order chi connectivity index (χ0) is 26.4. The molecule has 0 aromatic carbocycles. The van der Waals surface area contributed by atoms with Gasteiger partial charge in [0.1, 0.15) is 5.59 Å². The molecule has 1 fully saturated rings. The molecule has 0 aliphatic carbocycles. The largest absolute Gasteiger partial charge is 2.00 e. The molecule has 200 valence electrons. The van der Waals surface area contributed by atoms with Crippen LogP contribution in [-0.4, -0.2) is 100 Å². The summed E-state index contributed by atoms with van der Waals surface area (Å²) in [7, 11) is -0.958. The number of likely N-dealkylation sites (N-methyl/N-ethyl adjacent to an activating group) is 4. The smallest absolute Gasteiger partial charge is 0.305 e. The minimum Gasteiger partial charge on any atom is -0.305 e. The fraction of sp³-hybridized carbons (Fsp3) is 0.933. The first-order valence-corrected chi connectivity index (χ1v) is 11.4. The van der Waals surface area contributed by atoms with Gasteiger partial charge in [-0.2, -0.15) is 5.26 Å². The fourth-order valence-electron chi connectivity index (χ4n) is 2.08. The van der Waals surface area contributed by atoms with Crippen LogP contribution in [0.1, 0.15) is 13.3 Å². The molecule has 15 nitrogen and oxygen atoms in total. The van der Waals surface area contributed by atoms with Gasteiger partial charge in [0.05, 0.1) is 6.07 Å². The van der Waals surface area contributed by atoms with Gasteiger partial charge in [-0.15, -0.1) is 25.4 Å². The van der Waals surface area contributed by atoms with Gasteiger partial charge in [0.25, 0.3) is 0 Å². The number of nitriles is 1. The monoisotopic (exact) mass is 570 g/mol. The number of halogens is 2. The van der Waals surface area contributed by atoms with E-state index in [2.05, 4.69) is 47.8 Å². The van der Waals surface area contributed by atoms with Gasteiger partial charge in [0, 0.05) is 46.2 Å². The Hall–Kier alpha value is -0.304. The van der Waals surface area contributed by atoms with Crippen LogP contribution in [0.25, 0.3) is 0 Å². The third kappa shape index (κ3) is 65.3. The Morgan fingerprint density at radius 3 is 0.848 bits per heavy atom. The summed E-state index contributed by atoms with van der Waals surface area (Å²) in [5.74, 6) is 0. The second-order valence-electron chi connectivity index (χ2n) is 6.55. The zero-order valence-corrected chi connectivity index (χ0v) is 21.9. The van der Waals surface area contributed by atoms with Crippen LogP contribution in [0.15, 0.2) is 0 Å². The summed E-state index contributed by atoms with van der Waals surface area (Å²) in [5, 5.41) is 7.32. The SMILES string of the molecule is CC#N.CN1CCCN(C)CCN(C)CCN(C)CC1.[Co+2].[N]=O.[O-][Cl+3]([O-])([O-])[O-].[O-][Cl+3]([O-])([O-])[O-]. The van der Waals surface area contributed by atoms with Gasteiger partial charge >= 0.3 is 16.8 Å². The third-order valence-electron chi connectivity index (χ3n) is 3.67. The quantitative estimate of drug-likeness (QED) is 0.261. The fourth-order valence-corrected chi connectivity index (χ4v) is 2.08. The van der Waals surface area contributed by atoms with Gasteiger partial charge in [-0.1, -0.05) is 0 Å². The van der Waals surface area contributed by atoms with E-state index in [9.17, 15) is 0 Å². The molecule has 1 rings (SSSR count). The van der Waals surface area contributed by atoms with Crippen molar-refractivity contribution in [3.63, 3.8) is 0 Å². The van der Waals surface area contributed by atoms with Crippen LogP contribution in [0.5, 0.6) is 0 Å². The Kier molecular flexibility index (Phi) is 34.1. The van der Waals surface area contributed by atoms with Gasteiger partial charge in [0.15, 0.2) is 0 Å². The number of nitrogens with zero attached hydrogens (tertiary/aromatic N) is 6. The summed E-state index contributed by atoms with van der Waals surface area (Å²) < 4.78 is 67.9. The molecule has 18 heteroatoms. The molecule has 0 bridgehead atoms. The van der Waals surface area contributed by atoms with Crippen molar-refractivity contribution in [1.29, 1.82) is 5.26 Å². The second kappa shape index (κ2) is 26.3. The molecule has 1 heterocycles. The minimum atomic E-state index is -4.94. The first-order valence-electron chi connectivity index (χ1n) is 8.96. The number of nitroso groups, excluding NO2 is 1. The van der Waals surface area contributed by atoms with Crippen LogP contribution in [0, 0.1) is 36.7 Å². The molecule has 0 saturated carbocycles. The zero-order valence-electron chi connectivity index (χ0n) is 19.3. The number of hydrogen-bond acceptors (Lipinski definition) is 14. The first-order chi connectivity index (χ1) is 14.5. The first kappa shape index (κ1) is 42.8. The van der Waals surface area contributed by atoms with E-state index in [4.69, 9.17) is 53.0 Å². The van der Waals surface area contributed by atoms with Gasteiger partial charge in [-0.25, -0.2) is 37.3 Å².